The molecular formula is C22H23N7O7S. The lowest BCUT2D eigenvalue weighted by molar-refractivity contribution is -0.392. The smallest absolute Gasteiger partial charge is 0.300 e. The van der Waals surface area contributed by atoms with Gasteiger partial charge < -0.3 is 10.6 Å². The van der Waals surface area contributed by atoms with Gasteiger partial charge in [-0.05, 0) is 58.0 Å². The van der Waals surface area contributed by atoms with Crippen LogP contribution in [0, 0.1) is 34.1 Å². The summed E-state index contributed by atoms with van der Waals surface area (Å²) in [5.41, 5.74) is -0.576. The summed E-state index contributed by atoms with van der Waals surface area (Å²) in [6.07, 6.45) is 0. The van der Waals surface area contributed by atoms with Crippen molar-refractivity contribution in [3.05, 3.63) is 79.6 Å². The predicted molar refractivity (Wildman–Crippen MR) is 135 cm³/mol. The Morgan fingerprint density at radius 3 is 1.89 bits per heavy atom. The SMILES string of the molecule is Cc1cc(C)nc(NS(=O)(=O)c2ccc(NC(=O)c3cc([N+](=O)[O-])c(NC(C)C)c([N+](=O)[O-])c3)cc2)n1. The molecule has 0 radical (unpaired) electrons. The molecule has 194 valence electrons. The van der Waals surface area contributed by atoms with E-state index in [2.05, 4.69) is 25.3 Å². The van der Waals surface area contributed by atoms with E-state index in [1.54, 1.807) is 33.8 Å². The monoisotopic (exact) mass is 529 g/mol. The highest BCUT2D eigenvalue weighted by Gasteiger charge is 2.29. The molecule has 0 fully saturated rings. The number of nitro benzene ring substituents is 2. The first-order valence-corrected chi connectivity index (χ1v) is 12.2. The minimum Gasteiger partial charge on any atom is -0.372 e. The topological polar surface area (TPSA) is 199 Å². The van der Waals surface area contributed by atoms with E-state index >= 15 is 0 Å². The Labute approximate surface area is 211 Å². The van der Waals surface area contributed by atoms with Crippen LogP contribution in [-0.2, 0) is 10.0 Å². The standard InChI is InChI=1S/C22H23N7O7S/c1-12(2)23-20-18(28(31)32)10-15(11-19(20)29(33)34)21(30)26-16-5-7-17(8-6-16)37(35,36)27-22-24-13(3)9-14(4)25-22/h5-12,23H,1-4H3,(H,26,30)(H,24,25,27). The van der Waals surface area contributed by atoms with Gasteiger partial charge in [-0.15, -0.1) is 0 Å². The molecule has 0 aliphatic carbocycles. The highest BCUT2D eigenvalue weighted by atomic mass is 32.2. The maximum absolute atomic E-state index is 12.8. The number of carbonyl (C=O) groups excluding carboxylic acids is 1. The van der Waals surface area contributed by atoms with Crippen LogP contribution in [0.3, 0.4) is 0 Å². The molecule has 1 heterocycles. The van der Waals surface area contributed by atoms with E-state index in [0.717, 1.165) is 12.1 Å². The molecule has 0 bridgehead atoms. The fourth-order valence-electron chi connectivity index (χ4n) is 3.34. The Bertz CT molecular complexity index is 1430. The number of anilines is 3. The van der Waals surface area contributed by atoms with Crippen molar-refractivity contribution < 1.29 is 23.1 Å². The molecule has 3 N–H and O–H groups in total. The normalized spacial score (nSPS) is 11.2. The summed E-state index contributed by atoms with van der Waals surface area (Å²) in [5.74, 6) is -0.951. The number of aromatic nitrogens is 2. The third-order valence-corrected chi connectivity index (χ3v) is 6.16. The van der Waals surface area contributed by atoms with E-state index in [4.69, 9.17) is 0 Å². The first-order valence-electron chi connectivity index (χ1n) is 10.8. The minimum atomic E-state index is -4.03. The Morgan fingerprint density at radius 1 is 0.919 bits per heavy atom. The lowest BCUT2D eigenvalue weighted by Crippen LogP contribution is -2.17. The molecule has 0 aliphatic rings. The summed E-state index contributed by atoms with van der Waals surface area (Å²) in [4.78, 5) is 42.2. The van der Waals surface area contributed by atoms with Gasteiger partial charge in [-0.1, -0.05) is 0 Å². The molecule has 3 rings (SSSR count). The van der Waals surface area contributed by atoms with Gasteiger partial charge in [0.1, 0.15) is 0 Å². The number of benzene rings is 2. The molecule has 15 heteroatoms. The number of rotatable bonds is 9. The lowest BCUT2D eigenvalue weighted by Gasteiger charge is -2.12. The molecule has 14 nitrogen and oxygen atoms in total. The number of nitro groups is 2. The Kier molecular flexibility index (Phi) is 7.67. The zero-order chi connectivity index (χ0) is 27.5. The zero-order valence-corrected chi connectivity index (χ0v) is 21.0. The molecule has 2 aromatic carbocycles. The highest BCUT2D eigenvalue weighted by Crippen LogP contribution is 2.36. The second-order valence-corrected chi connectivity index (χ2v) is 9.94. The number of sulfonamides is 1. The molecule has 3 aromatic rings. The molecule has 0 saturated heterocycles. The van der Waals surface area contributed by atoms with Gasteiger partial charge in [-0.2, -0.15) is 0 Å². The molecule has 1 amide bonds. The lowest BCUT2D eigenvalue weighted by atomic mass is 10.1. The number of hydrogen-bond acceptors (Lipinski definition) is 10. The second-order valence-electron chi connectivity index (χ2n) is 8.26. The van der Waals surface area contributed by atoms with Crippen molar-refractivity contribution in [2.75, 3.05) is 15.4 Å². The number of nitrogens with one attached hydrogen (secondary N) is 3. The highest BCUT2D eigenvalue weighted by molar-refractivity contribution is 7.92. The summed E-state index contributed by atoms with van der Waals surface area (Å²) in [6.45, 7) is 6.70. The van der Waals surface area contributed by atoms with Crippen LogP contribution in [0.15, 0.2) is 47.4 Å². The fourth-order valence-corrected chi connectivity index (χ4v) is 4.28. The fraction of sp³-hybridized carbons (Fsp3) is 0.227. The van der Waals surface area contributed by atoms with Crippen molar-refractivity contribution in [1.82, 2.24) is 9.97 Å². The van der Waals surface area contributed by atoms with Crippen LogP contribution in [0.1, 0.15) is 35.6 Å². The third-order valence-electron chi connectivity index (χ3n) is 4.82. The van der Waals surface area contributed by atoms with E-state index in [0.29, 0.717) is 11.4 Å². The van der Waals surface area contributed by atoms with E-state index < -0.39 is 37.2 Å². The number of aryl methyl sites for hydroxylation is 2. The van der Waals surface area contributed by atoms with E-state index in [-0.39, 0.29) is 33.8 Å². The molecule has 0 atom stereocenters. The molecule has 0 aliphatic heterocycles. The third kappa shape index (κ3) is 6.52. The van der Waals surface area contributed by atoms with Crippen molar-refractivity contribution in [2.24, 2.45) is 0 Å². The maximum Gasteiger partial charge on any atom is 0.300 e. The first kappa shape index (κ1) is 26.9. The van der Waals surface area contributed by atoms with Gasteiger partial charge in [0.2, 0.25) is 5.95 Å². The van der Waals surface area contributed by atoms with E-state index in [1.807, 2.05) is 0 Å². The van der Waals surface area contributed by atoms with Gasteiger partial charge in [-0.3, -0.25) is 25.0 Å². The van der Waals surface area contributed by atoms with Crippen molar-refractivity contribution in [2.45, 2.75) is 38.6 Å². The zero-order valence-electron chi connectivity index (χ0n) is 20.2. The second kappa shape index (κ2) is 10.5. The van der Waals surface area contributed by atoms with Gasteiger partial charge >= 0.3 is 0 Å². The van der Waals surface area contributed by atoms with Crippen molar-refractivity contribution in [1.29, 1.82) is 0 Å². The van der Waals surface area contributed by atoms with Crippen molar-refractivity contribution in [3.63, 3.8) is 0 Å². The Balaban J connectivity index is 1.85. The van der Waals surface area contributed by atoms with E-state index in [1.165, 1.54) is 24.3 Å². The summed E-state index contributed by atoms with van der Waals surface area (Å²) in [6, 6.07) is 8.25. The van der Waals surface area contributed by atoms with Gasteiger partial charge in [-0.25, -0.2) is 23.1 Å². The van der Waals surface area contributed by atoms with Gasteiger partial charge in [0.05, 0.1) is 20.3 Å². The minimum absolute atomic E-state index is 0.0894. The quantitative estimate of drug-likeness (QED) is 0.270. The number of amides is 1. The van der Waals surface area contributed by atoms with E-state index in [9.17, 15) is 33.4 Å². The first-order chi connectivity index (χ1) is 17.3. The Hall–Kier alpha value is -4.66. The summed E-state index contributed by atoms with van der Waals surface area (Å²) >= 11 is 0. The van der Waals surface area contributed by atoms with Gasteiger partial charge in [0.15, 0.2) is 5.69 Å². The van der Waals surface area contributed by atoms with Crippen LogP contribution in [0.25, 0.3) is 0 Å². The molecule has 0 spiro atoms. The molecule has 1 aromatic heterocycles. The van der Waals surface area contributed by atoms with Crippen molar-refractivity contribution >= 4 is 44.6 Å². The predicted octanol–water partition coefficient (Wildman–Crippen LogP) is 3.78. The summed E-state index contributed by atoms with van der Waals surface area (Å²) < 4.78 is 27.6. The molecular weight excluding hydrogens is 506 g/mol. The molecule has 0 unspecified atom stereocenters. The largest absolute Gasteiger partial charge is 0.372 e. The van der Waals surface area contributed by atoms with Crippen LogP contribution >= 0.6 is 0 Å². The van der Waals surface area contributed by atoms with Gasteiger partial charge in [0, 0.05) is 35.2 Å². The van der Waals surface area contributed by atoms with Crippen molar-refractivity contribution in [3.8, 4) is 0 Å². The molecule has 37 heavy (non-hydrogen) atoms. The molecule has 0 saturated carbocycles. The van der Waals surface area contributed by atoms with Crippen LogP contribution in [-0.4, -0.2) is 40.2 Å². The average molecular weight is 530 g/mol. The number of nitrogens with zero attached hydrogens (tertiary/aromatic N) is 4. The summed E-state index contributed by atoms with van der Waals surface area (Å²) in [5, 5.41) is 28.2. The van der Waals surface area contributed by atoms with Crippen LogP contribution in [0.2, 0.25) is 0 Å². The number of hydrogen-bond donors (Lipinski definition) is 3. The van der Waals surface area contributed by atoms with Gasteiger partial charge in [0.25, 0.3) is 27.3 Å². The number of carbonyl (C=O) groups is 1. The maximum atomic E-state index is 12.8. The average Bonchev–Trinajstić information content (AvgIpc) is 2.77. The Morgan fingerprint density at radius 2 is 1.43 bits per heavy atom. The van der Waals surface area contributed by atoms with Crippen LogP contribution in [0.4, 0.5) is 28.7 Å². The summed E-state index contributed by atoms with van der Waals surface area (Å²) in [7, 11) is -4.03. The van der Waals surface area contributed by atoms with Crippen LogP contribution in [0.5, 0.6) is 0 Å². The van der Waals surface area contributed by atoms with Crippen LogP contribution < -0.4 is 15.4 Å².